The number of rotatable bonds is 2. The van der Waals surface area contributed by atoms with E-state index in [0.717, 1.165) is 15.0 Å². The molecule has 0 fully saturated rings. The predicted molar refractivity (Wildman–Crippen MR) is 66.2 cm³/mol. The fourth-order valence-corrected chi connectivity index (χ4v) is 2.55. The molecule has 1 aromatic rings. The Hall–Kier alpha value is -0.630. The Kier molecular flexibility index (Phi) is 4.52. The number of anilines is 1. The van der Waals surface area contributed by atoms with Crippen molar-refractivity contribution >= 4 is 43.6 Å². The van der Waals surface area contributed by atoms with Crippen LogP contribution in [0.3, 0.4) is 0 Å². The van der Waals surface area contributed by atoms with E-state index in [4.69, 9.17) is 11.7 Å². The molecule has 5 nitrogen and oxygen atoms in total. The Morgan fingerprint density at radius 1 is 1.53 bits per heavy atom. The van der Waals surface area contributed by atoms with E-state index in [1.165, 1.54) is 0 Å². The Balaban J connectivity index is 3.13. The van der Waals surface area contributed by atoms with Crippen LogP contribution in [0.5, 0.6) is 0 Å². The molecule has 0 radical (unpaired) electrons. The summed E-state index contributed by atoms with van der Waals surface area (Å²) in [5.74, 6) is 10.6. The largest absolute Gasteiger partial charge is 0.350 e. The first-order chi connectivity index (χ1) is 7.11. The number of carbonyl (C=O) groups is 1. The normalized spacial score (nSPS) is 9.87. The minimum Gasteiger partial charge on any atom is -0.274 e. The summed E-state index contributed by atoms with van der Waals surface area (Å²) in [6.45, 7) is 0. The molecular formula is C8H10Br2N4O. The van der Waals surface area contributed by atoms with Gasteiger partial charge in [0.05, 0.1) is 5.69 Å². The Bertz CT molecular complexity index is 372. The van der Waals surface area contributed by atoms with Gasteiger partial charge in [0, 0.05) is 15.4 Å². The summed E-state index contributed by atoms with van der Waals surface area (Å²) in [7, 11) is 0. The highest BCUT2D eigenvalue weighted by molar-refractivity contribution is 9.10. The molecule has 5 N–H and O–H groups in total. The van der Waals surface area contributed by atoms with Crippen LogP contribution in [0.2, 0.25) is 0 Å². The maximum Gasteiger partial charge on any atom is 0.350 e. The smallest absolute Gasteiger partial charge is 0.274 e. The van der Waals surface area contributed by atoms with Gasteiger partial charge in [0.25, 0.3) is 0 Å². The van der Waals surface area contributed by atoms with Gasteiger partial charge in [0.15, 0.2) is 0 Å². The summed E-state index contributed by atoms with van der Waals surface area (Å²) in [6.07, 6.45) is 0. The molecular weight excluding hydrogens is 328 g/mol. The number of amides is 2. The first kappa shape index (κ1) is 12.4. The summed E-state index contributed by atoms with van der Waals surface area (Å²) in [6, 6.07) is 4.82. The van der Waals surface area contributed by atoms with Crippen molar-refractivity contribution in [3.05, 3.63) is 28.2 Å². The number of halogens is 2. The third-order valence-corrected chi connectivity index (χ3v) is 3.13. The molecule has 0 atom stereocenters. The van der Waals surface area contributed by atoms with Gasteiger partial charge in [-0.15, -0.1) is 0 Å². The first-order valence-corrected chi connectivity index (χ1v) is 5.92. The molecule has 0 spiro atoms. The van der Waals surface area contributed by atoms with Crippen LogP contribution in [0.4, 0.5) is 10.5 Å². The molecule has 0 aliphatic rings. The average Bonchev–Trinajstić information content (AvgIpc) is 2.26. The predicted octanol–water partition coefficient (Wildman–Crippen LogP) is 1.61. The molecule has 2 amide bonds. The van der Waals surface area contributed by atoms with Gasteiger partial charge in [-0.2, -0.15) is 0 Å². The van der Waals surface area contributed by atoms with Crippen molar-refractivity contribution in [3.8, 4) is 0 Å². The monoisotopic (exact) mass is 336 g/mol. The lowest BCUT2D eigenvalue weighted by molar-refractivity contribution is 0.246. The number of hydrogen-bond donors (Lipinski definition) is 3. The Morgan fingerprint density at radius 3 is 2.73 bits per heavy atom. The minimum absolute atomic E-state index is 0.574. The van der Waals surface area contributed by atoms with E-state index in [9.17, 15) is 4.79 Å². The highest BCUT2D eigenvalue weighted by Gasteiger charge is 2.15. The summed E-state index contributed by atoms with van der Waals surface area (Å²) in [4.78, 5) is 11.2. The van der Waals surface area contributed by atoms with Crippen molar-refractivity contribution in [1.82, 2.24) is 5.43 Å². The number of nitrogens with zero attached hydrogens (tertiary/aromatic N) is 1. The maximum absolute atomic E-state index is 11.2. The zero-order chi connectivity index (χ0) is 11.4. The summed E-state index contributed by atoms with van der Waals surface area (Å²) < 4.78 is 0.872. The van der Waals surface area contributed by atoms with Crippen LogP contribution in [0, 0.1) is 0 Å². The number of nitrogens with two attached hydrogens (primary N) is 2. The van der Waals surface area contributed by atoms with Crippen LogP contribution < -0.4 is 22.1 Å². The van der Waals surface area contributed by atoms with E-state index in [2.05, 4.69) is 31.9 Å². The second kappa shape index (κ2) is 5.45. The maximum atomic E-state index is 11.2. The molecule has 0 aromatic heterocycles. The lowest BCUT2D eigenvalue weighted by Crippen LogP contribution is -2.48. The van der Waals surface area contributed by atoms with Gasteiger partial charge in [-0.05, 0) is 12.1 Å². The lowest BCUT2D eigenvalue weighted by Gasteiger charge is -2.19. The molecule has 82 valence electrons. The van der Waals surface area contributed by atoms with E-state index in [0.29, 0.717) is 11.0 Å². The average molecular weight is 338 g/mol. The molecule has 0 aliphatic carbocycles. The Labute approximate surface area is 104 Å². The van der Waals surface area contributed by atoms with E-state index < -0.39 is 6.03 Å². The number of nitrogens with one attached hydrogen (secondary N) is 1. The van der Waals surface area contributed by atoms with Gasteiger partial charge >= 0.3 is 6.03 Å². The highest BCUT2D eigenvalue weighted by Crippen LogP contribution is 2.28. The van der Waals surface area contributed by atoms with Crippen molar-refractivity contribution in [3.63, 3.8) is 0 Å². The third-order valence-electron chi connectivity index (χ3n) is 1.83. The molecule has 0 heterocycles. The topological polar surface area (TPSA) is 84.4 Å². The minimum atomic E-state index is -0.574. The number of hydrogen-bond acceptors (Lipinski definition) is 3. The molecule has 0 bridgehead atoms. The van der Waals surface area contributed by atoms with Crippen LogP contribution in [0.1, 0.15) is 5.56 Å². The summed E-state index contributed by atoms with van der Waals surface area (Å²) >= 11 is 6.69. The molecule has 0 saturated carbocycles. The molecule has 15 heavy (non-hydrogen) atoms. The van der Waals surface area contributed by atoms with Crippen molar-refractivity contribution in [2.24, 2.45) is 11.7 Å². The van der Waals surface area contributed by atoms with Crippen LogP contribution in [0.25, 0.3) is 0 Å². The van der Waals surface area contributed by atoms with E-state index in [1.54, 1.807) is 12.1 Å². The van der Waals surface area contributed by atoms with E-state index >= 15 is 0 Å². The summed E-state index contributed by atoms with van der Waals surface area (Å²) in [5.41, 5.74) is 3.43. The van der Waals surface area contributed by atoms with E-state index in [1.807, 2.05) is 11.5 Å². The lowest BCUT2D eigenvalue weighted by atomic mass is 10.2. The van der Waals surface area contributed by atoms with Crippen molar-refractivity contribution < 1.29 is 4.79 Å². The van der Waals surface area contributed by atoms with E-state index in [-0.39, 0.29) is 0 Å². The summed E-state index contributed by atoms with van der Waals surface area (Å²) in [5, 5.41) is 1.54. The van der Waals surface area contributed by atoms with Crippen molar-refractivity contribution in [1.29, 1.82) is 0 Å². The van der Waals surface area contributed by atoms with Gasteiger partial charge in [0.1, 0.15) is 0 Å². The fourth-order valence-electron chi connectivity index (χ4n) is 1.08. The van der Waals surface area contributed by atoms with Gasteiger partial charge in [0.2, 0.25) is 0 Å². The number of benzene rings is 1. The zero-order valence-corrected chi connectivity index (χ0v) is 10.9. The molecule has 0 aliphatic heterocycles. The molecule has 7 heteroatoms. The van der Waals surface area contributed by atoms with Crippen molar-refractivity contribution in [2.45, 2.75) is 5.33 Å². The SMILES string of the molecule is NNC(=O)N(N)c1cccc(Br)c1CBr. The number of alkyl halides is 1. The second-order valence-corrected chi connectivity index (χ2v) is 4.11. The first-order valence-electron chi connectivity index (χ1n) is 4.00. The third kappa shape index (κ3) is 2.69. The van der Waals surface area contributed by atoms with Crippen LogP contribution >= 0.6 is 31.9 Å². The molecule has 1 aromatic carbocycles. The van der Waals surface area contributed by atoms with Gasteiger partial charge in [-0.3, -0.25) is 5.43 Å². The van der Waals surface area contributed by atoms with Gasteiger partial charge in [-0.25, -0.2) is 21.5 Å². The number of hydrazine groups is 2. The fraction of sp³-hybridized carbons (Fsp3) is 0.125. The zero-order valence-electron chi connectivity index (χ0n) is 7.71. The molecule has 1 rings (SSSR count). The standard InChI is InChI=1S/C8H10Br2N4O/c9-4-5-6(10)2-1-3-7(5)14(12)8(15)13-11/h1-3H,4,11-12H2,(H,13,15). The van der Waals surface area contributed by atoms with Crippen LogP contribution in [0.15, 0.2) is 22.7 Å². The van der Waals surface area contributed by atoms with Crippen LogP contribution in [-0.2, 0) is 5.33 Å². The van der Waals surface area contributed by atoms with Crippen LogP contribution in [-0.4, -0.2) is 6.03 Å². The van der Waals surface area contributed by atoms with Gasteiger partial charge in [-0.1, -0.05) is 37.9 Å². The highest BCUT2D eigenvalue weighted by atomic mass is 79.9. The number of urea groups is 1. The Morgan fingerprint density at radius 2 is 2.20 bits per heavy atom. The van der Waals surface area contributed by atoms with Crippen molar-refractivity contribution in [2.75, 3.05) is 5.01 Å². The second-order valence-electron chi connectivity index (χ2n) is 2.69. The van der Waals surface area contributed by atoms with Gasteiger partial charge < -0.3 is 0 Å². The number of carbonyl (C=O) groups excluding carboxylic acids is 1. The molecule has 0 unspecified atom stereocenters. The quantitative estimate of drug-likeness (QED) is 0.332. The molecule has 0 saturated heterocycles.